The minimum absolute atomic E-state index is 0.0137. The molecule has 1 aliphatic heterocycles. The van der Waals surface area contributed by atoms with Gasteiger partial charge in [-0.2, -0.15) is 0 Å². The number of hydrogen-bond acceptors (Lipinski definition) is 3. The third-order valence-electron chi connectivity index (χ3n) is 6.57. The van der Waals surface area contributed by atoms with E-state index in [1.54, 1.807) is 0 Å². The normalized spacial score (nSPS) is 47.8. The van der Waals surface area contributed by atoms with Crippen LogP contribution in [0.25, 0.3) is 10.4 Å². The van der Waals surface area contributed by atoms with Crippen molar-refractivity contribution < 1.29 is 9.53 Å². The zero-order valence-corrected chi connectivity index (χ0v) is 13.4. The van der Waals surface area contributed by atoms with Gasteiger partial charge in [-0.3, -0.25) is 4.79 Å². The van der Waals surface area contributed by atoms with Crippen LogP contribution in [0, 0.1) is 22.7 Å². The molecule has 2 aliphatic carbocycles. The lowest BCUT2D eigenvalue weighted by atomic mass is 9.45. The van der Waals surface area contributed by atoms with Crippen molar-refractivity contribution in [2.75, 3.05) is 0 Å². The fourth-order valence-electron chi connectivity index (χ4n) is 5.97. The van der Waals surface area contributed by atoms with Gasteiger partial charge in [-0.05, 0) is 54.9 Å². The number of hydrogen-bond donors (Lipinski definition) is 0. The lowest BCUT2D eigenvalue weighted by molar-refractivity contribution is -0.166. The van der Waals surface area contributed by atoms with Crippen LogP contribution in [0.3, 0.4) is 0 Å². The number of fused-ring (bicyclic) bond motifs is 3. The molecule has 3 aliphatic rings. The Labute approximate surface area is 126 Å². The molecule has 116 valence electrons. The summed E-state index contributed by atoms with van der Waals surface area (Å²) in [5.74, 6) is 0.739. The van der Waals surface area contributed by atoms with Crippen molar-refractivity contribution in [1.29, 1.82) is 0 Å². The molecule has 0 amide bonds. The molecule has 0 aromatic rings. The molecule has 5 atom stereocenters. The van der Waals surface area contributed by atoms with Crippen LogP contribution in [-0.2, 0) is 9.53 Å². The maximum atomic E-state index is 11.9. The van der Waals surface area contributed by atoms with Crippen LogP contribution >= 0.6 is 0 Å². The molecule has 3 fully saturated rings. The molecule has 2 saturated carbocycles. The van der Waals surface area contributed by atoms with Crippen LogP contribution in [0.15, 0.2) is 5.11 Å². The number of carbonyl (C=O) groups is 1. The summed E-state index contributed by atoms with van der Waals surface area (Å²) in [5, 5.41) is 4.03. The molecule has 0 bridgehead atoms. The number of esters is 1. The van der Waals surface area contributed by atoms with Crippen molar-refractivity contribution in [3.05, 3.63) is 10.4 Å². The van der Waals surface area contributed by atoms with Crippen LogP contribution in [-0.4, -0.2) is 17.6 Å². The highest BCUT2D eigenvalue weighted by Gasteiger charge is 2.63. The van der Waals surface area contributed by atoms with Gasteiger partial charge in [-0.15, -0.1) is 0 Å². The highest BCUT2D eigenvalue weighted by Crippen LogP contribution is 2.65. The summed E-state index contributed by atoms with van der Waals surface area (Å²) >= 11 is 0. The van der Waals surface area contributed by atoms with Gasteiger partial charge in [0.1, 0.15) is 5.60 Å². The van der Waals surface area contributed by atoms with Gasteiger partial charge >= 0.3 is 5.97 Å². The summed E-state index contributed by atoms with van der Waals surface area (Å²) in [5.41, 5.74) is 8.66. The maximum absolute atomic E-state index is 11.9. The van der Waals surface area contributed by atoms with E-state index in [1.807, 2.05) is 0 Å². The van der Waals surface area contributed by atoms with E-state index in [4.69, 9.17) is 10.3 Å². The van der Waals surface area contributed by atoms with E-state index in [-0.39, 0.29) is 34.4 Å². The second kappa shape index (κ2) is 4.39. The first-order chi connectivity index (χ1) is 9.71. The Hall–Kier alpha value is -1.22. The Balaban J connectivity index is 2.02. The number of carbonyl (C=O) groups excluding carboxylic acids is 1. The summed E-state index contributed by atoms with van der Waals surface area (Å²) in [6.07, 6.45) is 4.38. The quantitative estimate of drug-likeness (QED) is 0.314. The van der Waals surface area contributed by atoms with Crippen molar-refractivity contribution in [2.45, 2.75) is 71.4 Å². The number of ether oxygens (including phenoxy) is 1. The molecule has 0 radical (unpaired) electrons. The van der Waals surface area contributed by atoms with E-state index in [0.29, 0.717) is 12.3 Å². The van der Waals surface area contributed by atoms with Gasteiger partial charge in [0.15, 0.2) is 0 Å². The molecule has 0 aromatic carbocycles. The second-order valence-electron chi connectivity index (χ2n) is 8.40. The summed E-state index contributed by atoms with van der Waals surface area (Å²) < 4.78 is 5.69. The third kappa shape index (κ3) is 2.05. The van der Waals surface area contributed by atoms with Crippen LogP contribution in [0.2, 0.25) is 0 Å². The third-order valence-corrected chi connectivity index (χ3v) is 6.57. The fraction of sp³-hybridized carbons (Fsp3) is 0.938. The first kappa shape index (κ1) is 14.7. The van der Waals surface area contributed by atoms with E-state index >= 15 is 0 Å². The highest BCUT2D eigenvalue weighted by atomic mass is 16.6. The molecule has 0 spiro atoms. The molecule has 0 aromatic heterocycles. The summed E-state index contributed by atoms with van der Waals surface area (Å²) in [6, 6.07) is 0.0318. The van der Waals surface area contributed by atoms with E-state index < -0.39 is 0 Å². The van der Waals surface area contributed by atoms with Gasteiger partial charge in [0.2, 0.25) is 0 Å². The maximum Gasteiger partial charge on any atom is 0.306 e. The fourth-order valence-corrected chi connectivity index (χ4v) is 5.97. The number of rotatable bonds is 1. The minimum atomic E-state index is -0.323. The van der Waals surface area contributed by atoms with Crippen molar-refractivity contribution in [1.82, 2.24) is 0 Å². The lowest BCUT2D eigenvalue weighted by Gasteiger charge is -2.60. The predicted octanol–water partition coefficient (Wildman–Crippen LogP) is 4.22. The monoisotopic (exact) mass is 291 g/mol. The van der Waals surface area contributed by atoms with Gasteiger partial charge in [-0.1, -0.05) is 25.9 Å². The summed E-state index contributed by atoms with van der Waals surface area (Å²) in [4.78, 5) is 14.9. The largest absolute Gasteiger partial charge is 0.459 e. The molecule has 0 N–H and O–H groups in total. The molecule has 3 rings (SSSR count). The van der Waals surface area contributed by atoms with Crippen molar-refractivity contribution in [2.24, 2.45) is 27.8 Å². The number of azide groups is 1. The molecule has 1 saturated heterocycles. The highest BCUT2D eigenvalue weighted by molar-refractivity contribution is 5.73. The Kier molecular flexibility index (Phi) is 3.07. The standard InChI is InChI=1S/C16H25N3O2/c1-14(2)8-10(18-19-17)9-15(3)11(14)5-6-16(4)12(15)7-13(20)21-16/h10-12H,5-9H2,1-4H3/t10-,11-,12+,15-,16+/m0/s1. The first-order valence-corrected chi connectivity index (χ1v) is 7.97. The average molecular weight is 291 g/mol. The molecule has 1 heterocycles. The van der Waals surface area contributed by atoms with E-state index in [2.05, 4.69) is 37.7 Å². The van der Waals surface area contributed by atoms with Gasteiger partial charge in [0.05, 0.1) is 6.42 Å². The Bertz CT molecular complexity index is 526. The first-order valence-electron chi connectivity index (χ1n) is 7.97. The van der Waals surface area contributed by atoms with Crippen molar-refractivity contribution >= 4 is 5.97 Å². The predicted molar refractivity (Wildman–Crippen MR) is 79.4 cm³/mol. The molecular formula is C16H25N3O2. The van der Waals surface area contributed by atoms with Crippen LogP contribution in [0.1, 0.15) is 59.8 Å². The minimum Gasteiger partial charge on any atom is -0.459 e. The van der Waals surface area contributed by atoms with Gasteiger partial charge in [0, 0.05) is 16.9 Å². The second-order valence-corrected chi connectivity index (χ2v) is 8.40. The molecule has 21 heavy (non-hydrogen) atoms. The molecule has 5 heteroatoms. The Morgan fingerprint density at radius 2 is 1.95 bits per heavy atom. The average Bonchev–Trinajstić information content (AvgIpc) is 2.64. The topological polar surface area (TPSA) is 75.1 Å². The van der Waals surface area contributed by atoms with Crippen LogP contribution < -0.4 is 0 Å². The lowest BCUT2D eigenvalue weighted by Crippen LogP contribution is -2.58. The van der Waals surface area contributed by atoms with Crippen LogP contribution in [0.4, 0.5) is 0 Å². The Morgan fingerprint density at radius 1 is 1.24 bits per heavy atom. The van der Waals surface area contributed by atoms with Crippen molar-refractivity contribution in [3.8, 4) is 0 Å². The van der Waals surface area contributed by atoms with E-state index in [9.17, 15) is 4.79 Å². The molecular weight excluding hydrogens is 266 g/mol. The van der Waals surface area contributed by atoms with Gasteiger partial charge < -0.3 is 4.74 Å². The van der Waals surface area contributed by atoms with Crippen LogP contribution in [0.5, 0.6) is 0 Å². The van der Waals surface area contributed by atoms with Gasteiger partial charge in [0.25, 0.3) is 0 Å². The zero-order chi connectivity index (χ0) is 15.5. The molecule has 0 unspecified atom stereocenters. The molecule has 5 nitrogen and oxygen atoms in total. The van der Waals surface area contributed by atoms with Gasteiger partial charge in [-0.25, -0.2) is 0 Å². The Morgan fingerprint density at radius 3 is 2.62 bits per heavy atom. The SMILES string of the molecule is CC1(C)C[C@H](N=[N+]=[N-])C[C@]2(C)[C@H]3CC(=O)O[C@]3(C)CC[C@@H]12. The summed E-state index contributed by atoms with van der Waals surface area (Å²) in [7, 11) is 0. The summed E-state index contributed by atoms with van der Waals surface area (Å²) in [6.45, 7) is 8.96. The smallest absolute Gasteiger partial charge is 0.306 e. The van der Waals surface area contributed by atoms with E-state index in [0.717, 1.165) is 25.7 Å². The van der Waals surface area contributed by atoms with E-state index in [1.165, 1.54) is 0 Å². The van der Waals surface area contributed by atoms with Crippen molar-refractivity contribution in [3.63, 3.8) is 0 Å². The zero-order valence-electron chi connectivity index (χ0n) is 13.4. The number of nitrogens with zero attached hydrogens (tertiary/aromatic N) is 3.